The van der Waals surface area contributed by atoms with E-state index < -0.39 is 16.0 Å². The molecule has 1 aliphatic heterocycles. The molecular weight excluding hydrogens is 362 g/mol. The van der Waals surface area contributed by atoms with E-state index in [-0.39, 0.29) is 5.91 Å². The number of nitrogens with zero attached hydrogens (tertiary/aromatic N) is 1. The average Bonchev–Trinajstić information content (AvgIpc) is 2.94. The number of hydrogen-bond acceptors (Lipinski definition) is 4. The third-order valence-corrected chi connectivity index (χ3v) is 6.19. The fourth-order valence-corrected chi connectivity index (χ4v) is 4.53. The second-order valence-electron chi connectivity index (χ2n) is 6.26. The number of likely N-dealkylation sites (N-methyl/N-ethyl adjacent to an activating group) is 1. The summed E-state index contributed by atoms with van der Waals surface area (Å²) in [5, 5.41) is -0.754. The van der Waals surface area contributed by atoms with E-state index in [1.807, 2.05) is 44.2 Å². The summed E-state index contributed by atoms with van der Waals surface area (Å²) in [6.45, 7) is 6.18. The number of amides is 1. The average molecular weight is 388 g/mol. The van der Waals surface area contributed by atoms with Gasteiger partial charge in [0.05, 0.1) is 24.0 Å². The largest absolute Gasteiger partial charge is 0.490 e. The molecule has 144 valence electrons. The van der Waals surface area contributed by atoms with Crippen LogP contribution in [0.15, 0.2) is 53.4 Å². The van der Waals surface area contributed by atoms with Crippen LogP contribution in [0.25, 0.3) is 0 Å². The number of rotatable bonds is 6. The smallest absolute Gasteiger partial charge is 0.243 e. The Morgan fingerprint density at radius 1 is 1.04 bits per heavy atom. The van der Waals surface area contributed by atoms with Crippen LogP contribution in [0.2, 0.25) is 0 Å². The normalized spacial score (nSPS) is 15.5. The third kappa shape index (κ3) is 4.33. The zero-order chi connectivity index (χ0) is 19.2. The highest BCUT2D eigenvalue weighted by Gasteiger charge is 2.31. The Labute approximate surface area is 162 Å². The highest BCUT2D eigenvalue weighted by Crippen LogP contribution is 2.35. The summed E-state index contributed by atoms with van der Waals surface area (Å²) in [5.41, 5.74) is 0.750. The van der Waals surface area contributed by atoms with Crippen molar-refractivity contribution in [3.8, 4) is 11.5 Å². The van der Waals surface area contributed by atoms with Crippen molar-refractivity contribution >= 4 is 16.7 Å². The summed E-state index contributed by atoms with van der Waals surface area (Å²) in [6.07, 6.45) is 0.806. The summed E-state index contributed by atoms with van der Waals surface area (Å²) in [6, 6.07) is 14.6. The van der Waals surface area contributed by atoms with E-state index in [2.05, 4.69) is 0 Å². The molecule has 0 radical (unpaired) electrons. The molecule has 0 saturated heterocycles. The van der Waals surface area contributed by atoms with E-state index in [4.69, 9.17) is 9.47 Å². The molecule has 0 fully saturated rings. The van der Waals surface area contributed by atoms with Gasteiger partial charge in [0.1, 0.15) is 5.25 Å². The Hall–Kier alpha value is -2.34. The molecule has 27 heavy (non-hydrogen) atoms. The highest BCUT2D eigenvalue weighted by atomic mass is 32.2. The van der Waals surface area contributed by atoms with E-state index in [1.54, 1.807) is 23.1 Å². The molecule has 2 atom stereocenters. The van der Waals surface area contributed by atoms with Crippen LogP contribution in [0.1, 0.15) is 31.1 Å². The van der Waals surface area contributed by atoms with Gasteiger partial charge in [-0.25, -0.2) is 0 Å². The number of carbonyl (C=O) groups is 1. The van der Waals surface area contributed by atoms with E-state index in [1.165, 1.54) is 0 Å². The van der Waals surface area contributed by atoms with Crippen molar-refractivity contribution in [3.63, 3.8) is 0 Å². The van der Waals surface area contributed by atoms with Gasteiger partial charge >= 0.3 is 0 Å². The molecule has 3 rings (SSSR count). The van der Waals surface area contributed by atoms with Gasteiger partial charge in [-0.15, -0.1) is 0 Å². The van der Waals surface area contributed by atoms with E-state index in [0.717, 1.165) is 12.0 Å². The molecule has 2 aromatic carbocycles. The van der Waals surface area contributed by atoms with Crippen LogP contribution in [0, 0.1) is 0 Å². The van der Waals surface area contributed by atoms with Crippen molar-refractivity contribution in [1.82, 2.24) is 4.90 Å². The van der Waals surface area contributed by atoms with Gasteiger partial charge in [-0.2, -0.15) is 0 Å². The summed E-state index contributed by atoms with van der Waals surface area (Å²) >= 11 is 0. The SMILES string of the molecule is CCN(CC)C(=O)C(c1ccccc1)S(=O)c1ccc2c(c1)OCCCO2. The molecule has 6 heteroatoms. The molecule has 1 aliphatic rings. The maximum atomic E-state index is 13.5. The molecule has 0 aromatic heterocycles. The lowest BCUT2D eigenvalue weighted by molar-refractivity contribution is -0.130. The van der Waals surface area contributed by atoms with Crippen LogP contribution in [-0.2, 0) is 15.6 Å². The lowest BCUT2D eigenvalue weighted by atomic mass is 10.1. The first-order valence-electron chi connectivity index (χ1n) is 9.29. The topological polar surface area (TPSA) is 55.8 Å². The molecule has 0 spiro atoms. The quantitative estimate of drug-likeness (QED) is 0.760. The molecule has 0 saturated carbocycles. The summed E-state index contributed by atoms with van der Waals surface area (Å²) < 4.78 is 24.8. The van der Waals surface area contributed by atoms with Gasteiger partial charge in [0.15, 0.2) is 11.5 Å². The first-order valence-corrected chi connectivity index (χ1v) is 10.5. The van der Waals surface area contributed by atoms with E-state index >= 15 is 0 Å². The Morgan fingerprint density at radius 2 is 1.70 bits per heavy atom. The Bertz CT molecular complexity index is 805. The van der Waals surface area contributed by atoms with Crippen molar-refractivity contribution in [2.24, 2.45) is 0 Å². The van der Waals surface area contributed by atoms with Gasteiger partial charge in [0, 0.05) is 30.5 Å². The molecule has 1 heterocycles. The van der Waals surface area contributed by atoms with Crippen LogP contribution in [0.3, 0.4) is 0 Å². The number of benzene rings is 2. The molecule has 2 aromatic rings. The molecule has 2 unspecified atom stereocenters. The van der Waals surface area contributed by atoms with Gasteiger partial charge in [-0.3, -0.25) is 9.00 Å². The lowest BCUT2D eigenvalue weighted by Gasteiger charge is -2.25. The Morgan fingerprint density at radius 3 is 2.37 bits per heavy atom. The monoisotopic (exact) mass is 387 g/mol. The standard InChI is InChI=1S/C21H25NO4S/c1-3-22(4-2)21(23)20(16-9-6-5-7-10-16)27(24)17-11-12-18-19(15-17)26-14-8-13-25-18/h5-7,9-12,15,20H,3-4,8,13-14H2,1-2H3. The third-order valence-electron chi connectivity index (χ3n) is 4.57. The van der Waals surface area contributed by atoms with Gasteiger partial charge in [-0.05, 0) is 31.5 Å². The van der Waals surface area contributed by atoms with Gasteiger partial charge < -0.3 is 14.4 Å². The minimum Gasteiger partial charge on any atom is -0.490 e. The summed E-state index contributed by atoms with van der Waals surface area (Å²) in [5.74, 6) is 1.11. The van der Waals surface area contributed by atoms with Crippen LogP contribution in [-0.4, -0.2) is 41.3 Å². The maximum Gasteiger partial charge on any atom is 0.243 e. The number of carbonyl (C=O) groups excluding carboxylic acids is 1. The maximum absolute atomic E-state index is 13.5. The van der Waals surface area contributed by atoms with Crippen molar-refractivity contribution < 1.29 is 18.5 Å². The fourth-order valence-electron chi connectivity index (χ4n) is 3.09. The Balaban J connectivity index is 1.98. The minimum atomic E-state index is -1.56. The first kappa shape index (κ1) is 19.4. The van der Waals surface area contributed by atoms with Crippen LogP contribution in [0.4, 0.5) is 0 Å². The van der Waals surface area contributed by atoms with Gasteiger partial charge in [0.25, 0.3) is 0 Å². The lowest BCUT2D eigenvalue weighted by Crippen LogP contribution is -2.36. The predicted molar refractivity (Wildman–Crippen MR) is 106 cm³/mol. The van der Waals surface area contributed by atoms with Crippen LogP contribution < -0.4 is 9.47 Å². The first-order chi connectivity index (χ1) is 13.2. The van der Waals surface area contributed by atoms with Crippen LogP contribution in [0.5, 0.6) is 11.5 Å². The van der Waals surface area contributed by atoms with Gasteiger partial charge in [0.2, 0.25) is 5.91 Å². The molecule has 0 N–H and O–H groups in total. The molecular formula is C21H25NO4S. The number of fused-ring (bicyclic) bond motifs is 1. The van der Waals surface area contributed by atoms with Crippen LogP contribution >= 0.6 is 0 Å². The van der Waals surface area contributed by atoms with Gasteiger partial charge in [-0.1, -0.05) is 30.3 Å². The Kier molecular flexibility index (Phi) is 6.50. The molecule has 1 amide bonds. The second-order valence-corrected chi connectivity index (χ2v) is 7.80. The van der Waals surface area contributed by atoms with Crippen molar-refractivity contribution in [3.05, 3.63) is 54.1 Å². The second kappa shape index (κ2) is 9.04. The molecule has 5 nitrogen and oxygen atoms in total. The van der Waals surface area contributed by atoms with Crippen molar-refractivity contribution in [2.75, 3.05) is 26.3 Å². The van der Waals surface area contributed by atoms with E-state index in [0.29, 0.717) is 42.7 Å². The number of ether oxygens (including phenoxy) is 2. The molecule has 0 bridgehead atoms. The predicted octanol–water partition coefficient (Wildman–Crippen LogP) is 3.57. The fraction of sp³-hybridized carbons (Fsp3) is 0.381. The number of hydrogen-bond donors (Lipinski definition) is 0. The highest BCUT2D eigenvalue weighted by molar-refractivity contribution is 7.86. The van der Waals surface area contributed by atoms with Crippen molar-refractivity contribution in [2.45, 2.75) is 30.4 Å². The zero-order valence-electron chi connectivity index (χ0n) is 15.7. The zero-order valence-corrected chi connectivity index (χ0v) is 16.5. The molecule has 0 aliphatic carbocycles. The summed E-state index contributed by atoms with van der Waals surface area (Å²) in [4.78, 5) is 15.4. The summed E-state index contributed by atoms with van der Waals surface area (Å²) in [7, 11) is -1.56. The van der Waals surface area contributed by atoms with E-state index in [9.17, 15) is 9.00 Å². The minimum absolute atomic E-state index is 0.128. The van der Waals surface area contributed by atoms with Crippen molar-refractivity contribution in [1.29, 1.82) is 0 Å².